The molecule has 2 aromatic rings. The minimum atomic E-state index is -4.39. The topological polar surface area (TPSA) is 44.4 Å². The Hall–Kier alpha value is -2.54. The third kappa shape index (κ3) is 5.09. The highest BCUT2D eigenvalue weighted by molar-refractivity contribution is 5.93. The van der Waals surface area contributed by atoms with Crippen LogP contribution in [0.3, 0.4) is 0 Å². The van der Waals surface area contributed by atoms with E-state index < -0.39 is 11.7 Å². The van der Waals surface area contributed by atoms with Gasteiger partial charge in [0.1, 0.15) is 0 Å². The number of hydrogen-bond donors (Lipinski definition) is 2. The molecule has 1 amide bonds. The number of anilines is 2. The normalized spacial score (nSPS) is 15.3. The number of nitrogens with zero attached hydrogens (tertiary/aromatic N) is 1. The van der Waals surface area contributed by atoms with Crippen LogP contribution in [0.5, 0.6) is 0 Å². The largest absolute Gasteiger partial charge is 0.416 e. The second-order valence-corrected chi connectivity index (χ2v) is 7.81. The Bertz CT molecular complexity index is 863. The fourth-order valence-electron chi connectivity index (χ4n) is 3.45. The van der Waals surface area contributed by atoms with Crippen molar-refractivity contribution in [2.75, 3.05) is 17.2 Å². The van der Waals surface area contributed by atoms with Crippen molar-refractivity contribution in [1.82, 2.24) is 4.90 Å². The Balaban J connectivity index is 1.59. The van der Waals surface area contributed by atoms with Crippen LogP contribution in [0.1, 0.15) is 37.5 Å². The van der Waals surface area contributed by atoms with Gasteiger partial charge in [-0.2, -0.15) is 13.2 Å². The van der Waals surface area contributed by atoms with Gasteiger partial charge in [-0.05, 0) is 54.3 Å². The van der Waals surface area contributed by atoms with Crippen molar-refractivity contribution in [3.63, 3.8) is 0 Å². The molecule has 0 spiro atoms. The maximum absolute atomic E-state index is 12.6. The van der Waals surface area contributed by atoms with Crippen molar-refractivity contribution < 1.29 is 18.0 Å². The lowest BCUT2D eigenvalue weighted by molar-refractivity contribution is -0.137. The fourth-order valence-corrected chi connectivity index (χ4v) is 3.45. The predicted molar refractivity (Wildman–Crippen MR) is 109 cm³/mol. The van der Waals surface area contributed by atoms with Gasteiger partial charge >= 0.3 is 6.18 Å². The minimum Gasteiger partial charge on any atom is -0.376 e. The monoisotopic (exact) mass is 405 g/mol. The van der Waals surface area contributed by atoms with Crippen LogP contribution in [0, 0.1) is 5.92 Å². The smallest absolute Gasteiger partial charge is 0.376 e. The maximum Gasteiger partial charge on any atom is 0.416 e. The molecule has 1 aliphatic heterocycles. The zero-order valence-corrected chi connectivity index (χ0v) is 16.8. The van der Waals surface area contributed by atoms with E-state index in [0.29, 0.717) is 17.6 Å². The number of alkyl halides is 3. The van der Waals surface area contributed by atoms with Crippen LogP contribution >= 0.6 is 0 Å². The molecule has 2 N–H and O–H groups in total. The SMILES string of the molecule is CC(C)C(C)N1Cc2cccc(NCC(=O)Nc3ccc(C(F)(F)F)cc3)c2C1. The molecule has 0 bridgehead atoms. The summed E-state index contributed by atoms with van der Waals surface area (Å²) in [4.78, 5) is 14.6. The van der Waals surface area contributed by atoms with Crippen molar-refractivity contribution in [1.29, 1.82) is 0 Å². The Morgan fingerprint density at radius 3 is 2.38 bits per heavy atom. The van der Waals surface area contributed by atoms with Gasteiger partial charge in [0.15, 0.2) is 0 Å². The maximum atomic E-state index is 12.6. The van der Waals surface area contributed by atoms with E-state index >= 15 is 0 Å². The van der Waals surface area contributed by atoms with Gasteiger partial charge in [0.25, 0.3) is 0 Å². The molecule has 0 saturated carbocycles. The number of rotatable bonds is 6. The summed E-state index contributed by atoms with van der Waals surface area (Å²) in [7, 11) is 0. The summed E-state index contributed by atoms with van der Waals surface area (Å²) >= 11 is 0. The Kier molecular flexibility index (Phi) is 6.17. The Labute approximate surface area is 169 Å². The third-order valence-electron chi connectivity index (χ3n) is 5.48. The summed E-state index contributed by atoms with van der Waals surface area (Å²) in [6.07, 6.45) is -4.39. The van der Waals surface area contributed by atoms with Crippen molar-refractivity contribution in [3.05, 3.63) is 59.2 Å². The molecule has 0 radical (unpaired) electrons. The summed E-state index contributed by atoms with van der Waals surface area (Å²) in [5.41, 5.74) is 2.96. The summed E-state index contributed by atoms with van der Waals surface area (Å²) < 4.78 is 37.9. The van der Waals surface area contributed by atoms with Crippen LogP contribution in [0.4, 0.5) is 24.5 Å². The average molecular weight is 405 g/mol. The number of carbonyl (C=O) groups excluding carboxylic acids is 1. The van der Waals surface area contributed by atoms with Crippen LogP contribution in [0.2, 0.25) is 0 Å². The van der Waals surface area contributed by atoms with Crippen molar-refractivity contribution in [2.24, 2.45) is 5.92 Å². The van der Waals surface area contributed by atoms with E-state index in [1.165, 1.54) is 23.3 Å². The quantitative estimate of drug-likeness (QED) is 0.701. The lowest BCUT2D eigenvalue weighted by atomic mass is 10.1. The fraction of sp³-hybridized carbons (Fsp3) is 0.409. The van der Waals surface area contributed by atoms with Crippen LogP contribution in [0.25, 0.3) is 0 Å². The first-order valence-electron chi connectivity index (χ1n) is 9.71. The molecular formula is C22H26F3N3O. The van der Waals surface area contributed by atoms with Crippen LogP contribution in [-0.2, 0) is 24.1 Å². The average Bonchev–Trinajstić information content (AvgIpc) is 3.10. The molecule has 0 saturated heterocycles. The Morgan fingerprint density at radius 1 is 1.07 bits per heavy atom. The molecule has 2 aromatic carbocycles. The summed E-state index contributed by atoms with van der Waals surface area (Å²) in [6, 6.07) is 10.9. The van der Waals surface area contributed by atoms with Gasteiger partial charge in [0, 0.05) is 30.5 Å². The van der Waals surface area contributed by atoms with E-state index in [1.807, 2.05) is 12.1 Å². The molecule has 156 valence electrons. The molecule has 0 aromatic heterocycles. The molecule has 0 aliphatic carbocycles. The number of amides is 1. The lowest BCUT2D eigenvalue weighted by Crippen LogP contribution is -2.32. The third-order valence-corrected chi connectivity index (χ3v) is 5.48. The number of benzene rings is 2. The van der Waals surface area contributed by atoms with Gasteiger partial charge in [0.05, 0.1) is 12.1 Å². The highest BCUT2D eigenvalue weighted by Crippen LogP contribution is 2.32. The van der Waals surface area contributed by atoms with E-state index in [2.05, 4.69) is 42.4 Å². The highest BCUT2D eigenvalue weighted by Gasteiger charge is 2.30. The molecule has 1 heterocycles. The van der Waals surface area contributed by atoms with Crippen LogP contribution in [0.15, 0.2) is 42.5 Å². The second kappa shape index (κ2) is 8.45. The van der Waals surface area contributed by atoms with E-state index in [4.69, 9.17) is 0 Å². The molecule has 0 fully saturated rings. The van der Waals surface area contributed by atoms with E-state index in [-0.39, 0.29) is 12.5 Å². The van der Waals surface area contributed by atoms with Gasteiger partial charge in [-0.15, -0.1) is 0 Å². The zero-order chi connectivity index (χ0) is 21.2. The zero-order valence-electron chi connectivity index (χ0n) is 16.8. The molecule has 7 heteroatoms. The second-order valence-electron chi connectivity index (χ2n) is 7.81. The molecular weight excluding hydrogens is 379 g/mol. The van der Waals surface area contributed by atoms with Gasteiger partial charge < -0.3 is 10.6 Å². The Morgan fingerprint density at radius 2 is 1.76 bits per heavy atom. The van der Waals surface area contributed by atoms with Gasteiger partial charge in [-0.1, -0.05) is 26.0 Å². The van der Waals surface area contributed by atoms with Crippen molar-refractivity contribution in [3.8, 4) is 0 Å². The van der Waals surface area contributed by atoms with Crippen molar-refractivity contribution in [2.45, 2.75) is 46.1 Å². The van der Waals surface area contributed by atoms with E-state index in [0.717, 1.165) is 30.9 Å². The molecule has 1 aliphatic rings. The number of fused-ring (bicyclic) bond motifs is 1. The molecule has 4 nitrogen and oxygen atoms in total. The van der Waals surface area contributed by atoms with Gasteiger partial charge in [-0.25, -0.2) is 0 Å². The summed E-state index contributed by atoms with van der Waals surface area (Å²) in [5, 5.41) is 5.79. The number of nitrogens with one attached hydrogen (secondary N) is 2. The molecule has 3 rings (SSSR count). The standard InChI is InChI=1S/C22H26F3N3O/c1-14(2)15(3)28-12-16-5-4-6-20(19(16)13-28)26-11-21(29)27-18-9-7-17(8-10-18)22(23,24)25/h4-10,14-15,26H,11-13H2,1-3H3,(H,27,29). The van der Waals surface area contributed by atoms with Gasteiger partial charge in [-0.3, -0.25) is 9.69 Å². The molecule has 1 unspecified atom stereocenters. The highest BCUT2D eigenvalue weighted by atomic mass is 19.4. The van der Waals surface area contributed by atoms with E-state index in [1.54, 1.807) is 0 Å². The molecule has 1 atom stereocenters. The van der Waals surface area contributed by atoms with Crippen LogP contribution in [-0.4, -0.2) is 23.4 Å². The molecule has 29 heavy (non-hydrogen) atoms. The summed E-state index contributed by atoms with van der Waals surface area (Å²) in [6.45, 7) is 8.40. The first-order chi connectivity index (χ1) is 13.6. The summed E-state index contributed by atoms with van der Waals surface area (Å²) in [5.74, 6) is 0.239. The minimum absolute atomic E-state index is 0.0389. The first kappa shape index (κ1) is 21.2. The number of hydrogen-bond acceptors (Lipinski definition) is 3. The van der Waals surface area contributed by atoms with Crippen molar-refractivity contribution >= 4 is 17.3 Å². The first-order valence-corrected chi connectivity index (χ1v) is 9.71. The number of carbonyl (C=O) groups is 1. The van der Waals surface area contributed by atoms with Gasteiger partial charge in [0.2, 0.25) is 5.91 Å². The van der Waals surface area contributed by atoms with E-state index in [9.17, 15) is 18.0 Å². The number of halogens is 3. The van der Waals surface area contributed by atoms with Crippen LogP contribution < -0.4 is 10.6 Å². The lowest BCUT2D eigenvalue weighted by Gasteiger charge is -2.27. The predicted octanol–water partition coefficient (Wildman–Crippen LogP) is 5.12.